The SMILES string of the molecule is C[NH+](C)CCNC(=O)COc1ccc2c(c1)C(=O)CC(C)(C)O2. The summed E-state index contributed by atoms with van der Waals surface area (Å²) in [4.78, 5) is 25.1. The van der Waals surface area contributed by atoms with Gasteiger partial charge < -0.3 is 19.7 Å². The average molecular weight is 321 g/mol. The summed E-state index contributed by atoms with van der Waals surface area (Å²) in [5.41, 5.74) is 0.0271. The van der Waals surface area contributed by atoms with E-state index in [1.54, 1.807) is 18.2 Å². The first-order chi connectivity index (χ1) is 10.8. The lowest BCUT2D eigenvalue weighted by molar-refractivity contribution is -0.856. The molecular formula is C17H25N2O4+. The zero-order valence-electron chi connectivity index (χ0n) is 14.2. The zero-order valence-corrected chi connectivity index (χ0v) is 14.2. The molecule has 0 bridgehead atoms. The number of hydrogen-bond donors (Lipinski definition) is 2. The van der Waals surface area contributed by atoms with Crippen LogP contribution in [0.1, 0.15) is 30.6 Å². The van der Waals surface area contributed by atoms with E-state index in [4.69, 9.17) is 9.47 Å². The molecule has 1 heterocycles. The third-order valence-electron chi connectivity index (χ3n) is 3.54. The van der Waals surface area contributed by atoms with E-state index in [0.29, 0.717) is 30.0 Å². The molecule has 0 fully saturated rings. The van der Waals surface area contributed by atoms with Gasteiger partial charge in [0.2, 0.25) is 0 Å². The Balaban J connectivity index is 1.92. The van der Waals surface area contributed by atoms with Crippen LogP contribution in [0.2, 0.25) is 0 Å². The summed E-state index contributed by atoms with van der Waals surface area (Å²) in [5, 5.41) is 2.79. The predicted molar refractivity (Wildman–Crippen MR) is 86.3 cm³/mol. The summed E-state index contributed by atoms with van der Waals surface area (Å²) in [6, 6.07) is 5.08. The number of ketones is 1. The Bertz CT molecular complexity index is 596. The molecule has 6 heteroatoms. The fourth-order valence-corrected chi connectivity index (χ4v) is 2.37. The van der Waals surface area contributed by atoms with Crippen molar-refractivity contribution in [2.75, 3.05) is 33.8 Å². The van der Waals surface area contributed by atoms with Gasteiger partial charge in [-0.15, -0.1) is 0 Å². The number of ether oxygens (including phenoxy) is 2. The van der Waals surface area contributed by atoms with Gasteiger partial charge in [-0.2, -0.15) is 0 Å². The van der Waals surface area contributed by atoms with Gasteiger partial charge in [0, 0.05) is 0 Å². The van der Waals surface area contributed by atoms with Crippen LogP contribution in [-0.2, 0) is 4.79 Å². The van der Waals surface area contributed by atoms with Crippen molar-refractivity contribution in [1.82, 2.24) is 5.32 Å². The van der Waals surface area contributed by atoms with Crippen LogP contribution in [0, 0.1) is 0 Å². The molecule has 1 amide bonds. The van der Waals surface area contributed by atoms with Crippen LogP contribution in [0.4, 0.5) is 0 Å². The van der Waals surface area contributed by atoms with Gasteiger partial charge in [0.15, 0.2) is 12.4 Å². The van der Waals surface area contributed by atoms with E-state index in [9.17, 15) is 9.59 Å². The minimum atomic E-state index is -0.485. The van der Waals surface area contributed by atoms with Crippen LogP contribution in [0.15, 0.2) is 18.2 Å². The van der Waals surface area contributed by atoms with Crippen LogP contribution < -0.4 is 19.7 Å². The van der Waals surface area contributed by atoms with Gasteiger partial charge >= 0.3 is 0 Å². The molecule has 6 nitrogen and oxygen atoms in total. The first-order valence-electron chi connectivity index (χ1n) is 7.82. The molecule has 0 aliphatic carbocycles. The monoisotopic (exact) mass is 321 g/mol. The Kier molecular flexibility index (Phi) is 5.26. The van der Waals surface area contributed by atoms with E-state index in [1.165, 1.54) is 4.90 Å². The minimum absolute atomic E-state index is 0.0279. The lowest BCUT2D eigenvalue weighted by Gasteiger charge is -2.31. The van der Waals surface area contributed by atoms with E-state index in [-0.39, 0.29) is 18.3 Å². The summed E-state index contributed by atoms with van der Waals surface area (Å²) < 4.78 is 11.3. The number of fused-ring (bicyclic) bond motifs is 1. The number of Topliss-reactive ketones (excluding diaryl/α,β-unsaturated/α-hetero) is 1. The molecule has 126 valence electrons. The fraction of sp³-hybridized carbons (Fsp3) is 0.529. The summed E-state index contributed by atoms with van der Waals surface area (Å²) >= 11 is 0. The predicted octanol–water partition coefficient (Wildman–Crippen LogP) is 0.0699. The molecular weight excluding hydrogens is 296 g/mol. The lowest BCUT2D eigenvalue weighted by Crippen LogP contribution is -3.06. The maximum absolute atomic E-state index is 12.2. The standard InChI is InChI=1S/C17H24N2O4/c1-17(2)10-14(20)13-9-12(5-6-15(13)23-17)22-11-16(21)18-7-8-19(3)4/h5-6,9H,7-8,10-11H2,1-4H3,(H,18,21)/p+1. The normalized spacial score (nSPS) is 15.8. The molecule has 2 N–H and O–H groups in total. The third-order valence-corrected chi connectivity index (χ3v) is 3.54. The quantitative estimate of drug-likeness (QED) is 0.778. The average Bonchev–Trinajstić information content (AvgIpc) is 2.44. The van der Waals surface area contributed by atoms with Crippen molar-refractivity contribution in [3.05, 3.63) is 23.8 Å². The molecule has 0 spiro atoms. The highest BCUT2D eigenvalue weighted by Crippen LogP contribution is 2.35. The number of benzene rings is 1. The smallest absolute Gasteiger partial charge is 0.258 e. The van der Waals surface area contributed by atoms with Gasteiger partial charge in [0.1, 0.15) is 17.1 Å². The van der Waals surface area contributed by atoms with Crippen molar-refractivity contribution in [3.63, 3.8) is 0 Å². The molecule has 1 aliphatic rings. The third kappa shape index (κ3) is 4.96. The van der Waals surface area contributed by atoms with Gasteiger partial charge in [-0.3, -0.25) is 9.59 Å². The van der Waals surface area contributed by atoms with Crippen LogP contribution in [-0.4, -0.2) is 51.1 Å². The maximum Gasteiger partial charge on any atom is 0.258 e. The van der Waals surface area contributed by atoms with E-state index >= 15 is 0 Å². The Hall–Kier alpha value is -2.08. The van der Waals surface area contributed by atoms with Gasteiger partial charge in [-0.25, -0.2) is 0 Å². The number of rotatable bonds is 6. The maximum atomic E-state index is 12.2. The van der Waals surface area contributed by atoms with Crippen LogP contribution in [0.3, 0.4) is 0 Å². The largest absolute Gasteiger partial charge is 0.487 e. The Morgan fingerprint density at radius 1 is 1.39 bits per heavy atom. The molecule has 0 unspecified atom stereocenters. The molecule has 1 aromatic rings. The number of likely N-dealkylation sites (N-methyl/N-ethyl adjacent to an activating group) is 1. The van der Waals surface area contributed by atoms with Gasteiger partial charge in [0.05, 0.1) is 39.2 Å². The number of carbonyl (C=O) groups is 2. The molecule has 0 aromatic heterocycles. The number of amides is 1. The highest BCUT2D eigenvalue weighted by atomic mass is 16.5. The summed E-state index contributed by atoms with van der Waals surface area (Å²) in [6.07, 6.45) is 0.330. The van der Waals surface area contributed by atoms with Crippen LogP contribution in [0.25, 0.3) is 0 Å². The van der Waals surface area contributed by atoms with E-state index in [2.05, 4.69) is 5.32 Å². The van der Waals surface area contributed by atoms with Gasteiger partial charge in [-0.05, 0) is 32.0 Å². The van der Waals surface area contributed by atoms with E-state index in [0.717, 1.165) is 6.54 Å². The van der Waals surface area contributed by atoms with Crippen molar-refractivity contribution in [3.8, 4) is 11.5 Å². The highest BCUT2D eigenvalue weighted by molar-refractivity contribution is 6.00. The van der Waals surface area contributed by atoms with Gasteiger partial charge in [-0.1, -0.05) is 0 Å². The molecule has 0 atom stereocenters. The molecule has 23 heavy (non-hydrogen) atoms. The molecule has 0 saturated heterocycles. The van der Waals surface area contributed by atoms with Crippen LogP contribution >= 0.6 is 0 Å². The molecule has 0 radical (unpaired) electrons. The Labute approximate surface area is 136 Å². The summed E-state index contributed by atoms with van der Waals surface area (Å²) in [7, 11) is 4.05. The highest BCUT2D eigenvalue weighted by Gasteiger charge is 2.32. The van der Waals surface area contributed by atoms with Crippen molar-refractivity contribution in [2.24, 2.45) is 0 Å². The number of carbonyl (C=O) groups excluding carboxylic acids is 2. The minimum Gasteiger partial charge on any atom is -0.487 e. The Morgan fingerprint density at radius 3 is 2.83 bits per heavy atom. The molecule has 1 aliphatic heterocycles. The van der Waals surface area contributed by atoms with Crippen molar-refractivity contribution >= 4 is 11.7 Å². The van der Waals surface area contributed by atoms with Crippen molar-refractivity contribution in [1.29, 1.82) is 0 Å². The Morgan fingerprint density at radius 2 is 2.13 bits per heavy atom. The topological polar surface area (TPSA) is 69.1 Å². The van der Waals surface area contributed by atoms with E-state index < -0.39 is 5.60 Å². The van der Waals surface area contributed by atoms with Crippen LogP contribution in [0.5, 0.6) is 11.5 Å². The number of quaternary nitrogens is 1. The molecule has 0 saturated carbocycles. The van der Waals surface area contributed by atoms with E-state index in [1.807, 2.05) is 27.9 Å². The summed E-state index contributed by atoms with van der Waals surface area (Å²) in [5.74, 6) is 0.915. The van der Waals surface area contributed by atoms with Crippen molar-refractivity contribution < 1.29 is 24.0 Å². The number of nitrogens with one attached hydrogen (secondary N) is 2. The lowest BCUT2D eigenvalue weighted by atomic mass is 9.93. The second-order valence-corrected chi connectivity index (χ2v) is 6.72. The van der Waals surface area contributed by atoms with Crippen molar-refractivity contribution in [2.45, 2.75) is 25.9 Å². The first kappa shape index (κ1) is 17.3. The zero-order chi connectivity index (χ0) is 17.0. The first-order valence-corrected chi connectivity index (χ1v) is 7.82. The fourth-order valence-electron chi connectivity index (χ4n) is 2.37. The molecule has 1 aromatic carbocycles. The second-order valence-electron chi connectivity index (χ2n) is 6.72. The summed E-state index contributed by atoms with van der Waals surface area (Å²) in [6.45, 7) is 5.17. The number of hydrogen-bond acceptors (Lipinski definition) is 4. The van der Waals surface area contributed by atoms with Gasteiger partial charge in [0.25, 0.3) is 5.91 Å². The molecule has 2 rings (SSSR count). The second kappa shape index (κ2) is 7.00.